The van der Waals surface area contributed by atoms with Crippen LogP contribution in [0.4, 0.5) is 5.69 Å². The molecule has 0 fully saturated rings. The van der Waals surface area contributed by atoms with Gasteiger partial charge in [0.15, 0.2) is 5.69 Å². The van der Waals surface area contributed by atoms with Crippen molar-refractivity contribution in [1.82, 2.24) is 5.16 Å². The molecule has 0 saturated heterocycles. The molecule has 0 saturated carbocycles. The predicted octanol–water partition coefficient (Wildman–Crippen LogP) is 4.48. The Morgan fingerprint density at radius 1 is 1.19 bits per heavy atom. The van der Waals surface area contributed by atoms with Gasteiger partial charge in [0.25, 0.3) is 5.91 Å². The molecule has 1 aromatic heterocycles. The molecule has 1 amide bonds. The maximum atomic E-state index is 12.5. The number of aromatic nitrogens is 1. The van der Waals surface area contributed by atoms with Gasteiger partial charge in [-0.05, 0) is 49.4 Å². The second-order valence-electron chi connectivity index (χ2n) is 5.49. The van der Waals surface area contributed by atoms with Crippen molar-refractivity contribution in [3.8, 4) is 11.5 Å². The van der Waals surface area contributed by atoms with Crippen LogP contribution in [0.2, 0.25) is 5.02 Å². The lowest BCUT2D eigenvalue weighted by Gasteiger charge is -2.08. The minimum atomic E-state index is -0.391. The molecule has 1 heterocycles. The van der Waals surface area contributed by atoms with E-state index in [4.69, 9.17) is 25.6 Å². The molecule has 0 aliphatic heterocycles. The number of amides is 1. The highest BCUT2D eigenvalue weighted by Crippen LogP contribution is 2.22. The fourth-order valence-electron chi connectivity index (χ4n) is 2.32. The first-order valence-corrected chi connectivity index (χ1v) is 8.23. The predicted molar refractivity (Wildman–Crippen MR) is 98.0 cm³/mol. The molecule has 26 heavy (non-hydrogen) atoms. The molecule has 6 nitrogen and oxygen atoms in total. The van der Waals surface area contributed by atoms with Gasteiger partial charge in [0.1, 0.15) is 23.9 Å². The molecule has 0 radical (unpaired) electrons. The standard InChI is InChI=1S/C19H17ClN2O4/c1-12-17(11-25-16-8-6-15(24-2)7-9-16)18(22-26-12)19(23)21-14-5-3-4-13(20)10-14/h3-10H,11H2,1-2H3,(H,21,23). The van der Waals surface area contributed by atoms with Crippen molar-refractivity contribution >= 4 is 23.2 Å². The van der Waals surface area contributed by atoms with E-state index in [1.165, 1.54) is 0 Å². The first-order chi connectivity index (χ1) is 12.6. The summed E-state index contributed by atoms with van der Waals surface area (Å²) < 4.78 is 16.0. The van der Waals surface area contributed by atoms with E-state index in [9.17, 15) is 4.79 Å². The van der Waals surface area contributed by atoms with Crippen LogP contribution in [-0.2, 0) is 6.61 Å². The van der Waals surface area contributed by atoms with Gasteiger partial charge < -0.3 is 19.3 Å². The Hall–Kier alpha value is -2.99. The number of anilines is 1. The number of nitrogens with one attached hydrogen (secondary N) is 1. The second-order valence-corrected chi connectivity index (χ2v) is 5.93. The number of rotatable bonds is 6. The molecule has 134 valence electrons. The molecule has 0 unspecified atom stereocenters. The smallest absolute Gasteiger partial charge is 0.278 e. The van der Waals surface area contributed by atoms with Gasteiger partial charge in [-0.1, -0.05) is 22.8 Å². The average molecular weight is 373 g/mol. The number of hydrogen-bond donors (Lipinski definition) is 1. The van der Waals surface area contributed by atoms with E-state index in [-0.39, 0.29) is 12.3 Å². The van der Waals surface area contributed by atoms with Crippen LogP contribution in [0, 0.1) is 6.92 Å². The Kier molecular flexibility index (Phi) is 5.43. The zero-order valence-electron chi connectivity index (χ0n) is 14.3. The zero-order valence-corrected chi connectivity index (χ0v) is 15.0. The van der Waals surface area contributed by atoms with Crippen LogP contribution in [0.3, 0.4) is 0 Å². The maximum absolute atomic E-state index is 12.5. The van der Waals surface area contributed by atoms with Crippen molar-refractivity contribution in [2.24, 2.45) is 0 Å². The molecule has 0 spiro atoms. The molecular formula is C19H17ClN2O4. The average Bonchev–Trinajstić information content (AvgIpc) is 3.01. The summed E-state index contributed by atoms with van der Waals surface area (Å²) in [6, 6.07) is 14.0. The fourth-order valence-corrected chi connectivity index (χ4v) is 2.51. The van der Waals surface area contributed by atoms with Gasteiger partial charge in [0.05, 0.1) is 12.7 Å². The highest BCUT2D eigenvalue weighted by atomic mass is 35.5. The number of ether oxygens (including phenoxy) is 2. The van der Waals surface area contributed by atoms with Crippen LogP contribution in [0.5, 0.6) is 11.5 Å². The molecule has 0 atom stereocenters. The van der Waals surface area contributed by atoms with Crippen LogP contribution in [0.25, 0.3) is 0 Å². The summed E-state index contributed by atoms with van der Waals surface area (Å²) in [4.78, 5) is 12.5. The van der Waals surface area contributed by atoms with Gasteiger partial charge >= 0.3 is 0 Å². The van der Waals surface area contributed by atoms with Gasteiger partial charge in [0.2, 0.25) is 0 Å². The molecule has 3 rings (SSSR count). The van der Waals surface area contributed by atoms with E-state index in [1.54, 1.807) is 62.6 Å². The van der Waals surface area contributed by atoms with Gasteiger partial charge in [-0.2, -0.15) is 0 Å². The van der Waals surface area contributed by atoms with Gasteiger partial charge in [-0.3, -0.25) is 4.79 Å². The molecular weight excluding hydrogens is 356 g/mol. The Morgan fingerprint density at radius 2 is 1.92 bits per heavy atom. The molecule has 2 aromatic carbocycles. The number of nitrogens with zero attached hydrogens (tertiary/aromatic N) is 1. The van der Waals surface area contributed by atoms with Crippen molar-refractivity contribution in [3.05, 3.63) is 70.6 Å². The number of benzene rings is 2. The number of aryl methyl sites for hydroxylation is 1. The molecule has 1 N–H and O–H groups in total. The summed E-state index contributed by atoms with van der Waals surface area (Å²) in [5.74, 6) is 1.51. The van der Waals surface area contributed by atoms with Crippen LogP contribution >= 0.6 is 11.6 Å². The van der Waals surface area contributed by atoms with Gasteiger partial charge in [-0.15, -0.1) is 0 Å². The van der Waals surface area contributed by atoms with E-state index in [0.29, 0.717) is 27.8 Å². The minimum Gasteiger partial charge on any atom is -0.497 e. The molecule has 0 bridgehead atoms. The van der Waals surface area contributed by atoms with Crippen LogP contribution in [0.15, 0.2) is 53.1 Å². The van der Waals surface area contributed by atoms with Gasteiger partial charge in [-0.25, -0.2) is 0 Å². The van der Waals surface area contributed by atoms with Crippen LogP contribution in [-0.4, -0.2) is 18.2 Å². The third kappa shape index (κ3) is 4.15. The molecule has 7 heteroatoms. The van der Waals surface area contributed by atoms with Crippen molar-refractivity contribution in [2.45, 2.75) is 13.5 Å². The lowest BCUT2D eigenvalue weighted by molar-refractivity contribution is 0.101. The highest BCUT2D eigenvalue weighted by Gasteiger charge is 2.20. The Morgan fingerprint density at radius 3 is 2.62 bits per heavy atom. The largest absolute Gasteiger partial charge is 0.497 e. The van der Waals surface area contributed by atoms with E-state index in [2.05, 4.69) is 10.5 Å². The van der Waals surface area contributed by atoms with Crippen molar-refractivity contribution in [2.75, 3.05) is 12.4 Å². The molecule has 3 aromatic rings. The summed E-state index contributed by atoms with van der Waals surface area (Å²) in [6.07, 6.45) is 0. The van der Waals surface area contributed by atoms with E-state index < -0.39 is 5.91 Å². The lowest BCUT2D eigenvalue weighted by Crippen LogP contribution is -2.15. The van der Waals surface area contributed by atoms with Crippen molar-refractivity contribution in [1.29, 1.82) is 0 Å². The monoisotopic (exact) mass is 372 g/mol. The Balaban J connectivity index is 1.72. The maximum Gasteiger partial charge on any atom is 0.278 e. The second kappa shape index (κ2) is 7.93. The topological polar surface area (TPSA) is 73.6 Å². The number of methoxy groups -OCH3 is 1. The van der Waals surface area contributed by atoms with Crippen LogP contribution < -0.4 is 14.8 Å². The third-order valence-corrected chi connectivity index (χ3v) is 3.96. The Bertz CT molecular complexity index is 906. The van der Waals surface area contributed by atoms with E-state index in [0.717, 1.165) is 5.75 Å². The molecule has 0 aliphatic rings. The Labute approximate surface area is 155 Å². The van der Waals surface area contributed by atoms with Gasteiger partial charge in [0, 0.05) is 10.7 Å². The first kappa shape index (κ1) is 17.8. The SMILES string of the molecule is COc1ccc(OCc2c(C(=O)Nc3cccc(Cl)c3)noc2C)cc1. The summed E-state index contributed by atoms with van der Waals surface area (Å²) in [7, 11) is 1.60. The lowest BCUT2D eigenvalue weighted by atomic mass is 10.2. The van der Waals surface area contributed by atoms with Crippen molar-refractivity contribution < 1.29 is 18.8 Å². The quantitative estimate of drug-likeness (QED) is 0.690. The first-order valence-electron chi connectivity index (χ1n) is 7.85. The number of carbonyl (C=O) groups is 1. The summed E-state index contributed by atoms with van der Waals surface area (Å²) in [5, 5.41) is 7.13. The number of halogens is 1. The van der Waals surface area contributed by atoms with Crippen molar-refractivity contribution in [3.63, 3.8) is 0 Å². The van der Waals surface area contributed by atoms with E-state index in [1.807, 2.05) is 0 Å². The third-order valence-electron chi connectivity index (χ3n) is 3.72. The highest BCUT2D eigenvalue weighted by molar-refractivity contribution is 6.30. The zero-order chi connectivity index (χ0) is 18.5. The molecule has 0 aliphatic carbocycles. The number of hydrogen-bond acceptors (Lipinski definition) is 5. The normalized spacial score (nSPS) is 10.4. The summed E-state index contributed by atoms with van der Waals surface area (Å²) in [6.45, 7) is 1.88. The minimum absolute atomic E-state index is 0.153. The number of carbonyl (C=O) groups excluding carboxylic acids is 1. The summed E-state index contributed by atoms with van der Waals surface area (Å²) in [5.41, 5.74) is 1.33. The fraction of sp³-hybridized carbons (Fsp3) is 0.158. The van der Waals surface area contributed by atoms with Crippen LogP contribution in [0.1, 0.15) is 21.8 Å². The van der Waals surface area contributed by atoms with E-state index >= 15 is 0 Å². The summed E-state index contributed by atoms with van der Waals surface area (Å²) >= 11 is 5.93.